The van der Waals surface area contributed by atoms with Gasteiger partial charge >= 0.3 is 11.9 Å². The van der Waals surface area contributed by atoms with E-state index < -0.39 is 17.7 Å². The van der Waals surface area contributed by atoms with Crippen LogP contribution in [0, 0.1) is 0 Å². The number of hydrogen-bond acceptors (Lipinski definition) is 7. The molecule has 0 atom stereocenters. The molecule has 0 aliphatic heterocycles. The van der Waals surface area contributed by atoms with Crippen molar-refractivity contribution in [3.05, 3.63) is 0 Å². The van der Waals surface area contributed by atoms with Crippen molar-refractivity contribution < 1.29 is 23.9 Å². The summed E-state index contributed by atoms with van der Waals surface area (Å²) < 4.78 is 10.4. The highest BCUT2D eigenvalue weighted by Crippen LogP contribution is 2.12. The van der Waals surface area contributed by atoms with Crippen LogP contribution in [0.25, 0.3) is 0 Å². The number of rotatable bonds is 30. The van der Waals surface area contributed by atoms with Gasteiger partial charge in [0.2, 0.25) is 5.78 Å². The summed E-state index contributed by atoms with van der Waals surface area (Å²) >= 11 is 0. The zero-order chi connectivity index (χ0) is 29.7. The number of esters is 2. The fraction of sp³-hybridized carbons (Fsp3) is 0.909. The number of nitrogens with zero attached hydrogens (tertiary/aromatic N) is 2. The maximum absolute atomic E-state index is 12.0. The monoisotopic (exact) mass is 568 g/mol. The average Bonchev–Trinajstić information content (AvgIpc) is 2.95. The second-order valence-corrected chi connectivity index (χ2v) is 11.7. The van der Waals surface area contributed by atoms with E-state index in [4.69, 9.17) is 9.47 Å². The van der Waals surface area contributed by atoms with E-state index in [0.717, 1.165) is 25.9 Å². The van der Waals surface area contributed by atoms with Crippen LogP contribution in [0.2, 0.25) is 0 Å². The first-order valence-electron chi connectivity index (χ1n) is 16.6. The van der Waals surface area contributed by atoms with E-state index in [2.05, 4.69) is 13.8 Å². The first-order valence-corrected chi connectivity index (χ1v) is 16.6. The van der Waals surface area contributed by atoms with Gasteiger partial charge in [-0.3, -0.25) is 19.4 Å². The summed E-state index contributed by atoms with van der Waals surface area (Å²) in [6.07, 6.45) is 25.4. The molecule has 0 bridgehead atoms. The molecule has 0 aromatic rings. The highest BCUT2D eigenvalue weighted by Gasteiger charge is 2.18. The molecule has 236 valence electrons. The van der Waals surface area contributed by atoms with E-state index >= 15 is 0 Å². The molecule has 0 heterocycles. The van der Waals surface area contributed by atoms with Crippen molar-refractivity contribution in [3.63, 3.8) is 0 Å². The highest BCUT2D eigenvalue weighted by molar-refractivity contribution is 6.33. The number of ketones is 1. The van der Waals surface area contributed by atoms with Gasteiger partial charge in [0.15, 0.2) is 0 Å². The van der Waals surface area contributed by atoms with Crippen LogP contribution in [0.5, 0.6) is 0 Å². The Bertz CT molecular complexity index is 614. The average molecular weight is 569 g/mol. The van der Waals surface area contributed by atoms with Crippen LogP contribution in [0.3, 0.4) is 0 Å². The number of carbonyl (C=O) groups excluding carboxylic acids is 3. The van der Waals surface area contributed by atoms with Gasteiger partial charge in [0.25, 0.3) is 0 Å². The van der Waals surface area contributed by atoms with Crippen molar-refractivity contribution in [1.82, 2.24) is 9.80 Å². The van der Waals surface area contributed by atoms with Crippen LogP contribution in [-0.2, 0) is 23.9 Å². The van der Waals surface area contributed by atoms with Gasteiger partial charge in [-0.25, -0.2) is 4.79 Å². The molecule has 0 aromatic heterocycles. The van der Waals surface area contributed by atoms with Crippen molar-refractivity contribution in [2.75, 3.05) is 40.6 Å². The van der Waals surface area contributed by atoms with Crippen LogP contribution >= 0.6 is 0 Å². The molecule has 0 aliphatic rings. The molecule has 0 fully saturated rings. The van der Waals surface area contributed by atoms with Gasteiger partial charge in [-0.2, -0.15) is 0 Å². The van der Waals surface area contributed by atoms with Crippen LogP contribution in [0.4, 0.5) is 0 Å². The molecule has 40 heavy (non-hydrogen) atoms. The minimum Gasteiger partial charge on any atom is -0.449 e. The topological polar surface area (TPSA) is 76.1 Å². The number of Topliss-reactive ketones (excluding diaryl/α,β-unsaturated/α-hetero) is 1. The van der Waals surface area contributed by atoms with Gasteiger partial charge in [0.05, 0.1) is 6.42 Å². The molecule has 0 spiro atoms. The van der Waals surface area contributed by atoms with Gasteiger partial charge in [-0.15, -0.1) is 0 Å². The van der Waals surface area contributed by atoms with E-state index in [1.807, 2.05) is 23.9 Å². The number of carbonyl (C=O) groups is 3. The fourth-order valence-electron chi connectivity index (χ4n) is 4.69. The second kappa shape index (κ2) is 29.0. The summed E-state index contributed by atoms with van der Waals surface area (Å²) in [5, 5.41) is 0. The van der Waals surface area contributed by atoms with Crippen molar-refractivity contribution in [3.8, 4) is 0 Å². The third kappa shape index (κ3) is 26.7. The van der Waals surface area contributed by atoms with E-state index in [0.29, 0.717) is 0 Å². The lowest BCUT2D eigenvalue weighted by Crippen LogP contribution is -2.28. The molecule has 7 heteroatoms. The van der Waals surface area contributed by atoms with Gasteiger partial charge in [0, 0.05) is 19.5 Å². The van der Waals surface area contributed by atoms with E-state index in [9.17, 15) is 14.4 Å². The molecule has 0 rings (SSSR count). The van der Waals surface area contributed by atoms with Crippen molar-refractivity contribution in [1.29, 1.82) is 0 Å². The summed E-state index contributed by atoms with van der Waals surface area (Å²) in [6.45, 7) is 6.50. The van der Waals surface area contributed by atoms with Gasteiger partial charge < -0.3 is 9.47 Å². The second-order valence-electron chi connectivity index (χ2n) is 11.7. The Morgan fingerprint density at radius 1 is 0.475 bits per heavy atom. The van der Waals surface area contributed by atoms with Crippen LogP contribution in [0.15, 0.2) is 0 Å². The van der Waals surface area contributed by atoms with Crippen molar-refractivity contribution in [2.45, 2.75) is 155 Å². The Kier molecular flexibility index (Phi) is 28.0. The van der Waals surface area contributed by atoms with E-state index in [1.54, 1.807) is 0 Å². The Balaban J connectivity index is 3.66. The van der Waals surface area contributed by atoms with Crippen molar-refractivity contribution >= 4 is 17.7 Å². The minimum absolute atomic E-state index is 0.0935. The molecular weight excluding hydrogens is 504 g/mol. The van der Waals surface area contributed by atoms with Crippen LogP contribution in [0.1, 0.15) is 155 Å². The van der Waals surface area contributed by atoms with E-state index in [1.165, 1.54) is 116 Å². The molecule has 0 aliphatic carbocycles. The molecule has 0 aromatic carbocycles. The molecular formula is C33H64N2O5. The van der Waals surface area contributed by atoms with Crippen LogP contribution < -0.4 is 0 Å². The van der Waals surface area contributed by atoms with Crippen LogP contribution in [-0.4, -0.2) is 68.2 Å². The minimum atomic E-state index is -0.874. The quantitative estimate of drug-likeness (QED) is 0.0375. The molecule has 0 amide bonds. The van der Waals surface area contributed by atoms with Crippen molar-refractivity contribution in [2.24, 2.45) is 0 Å². The van der Waals surface area contributed by atoms with E-state index in [-0.39, 0.29) is 26.3 Å². The number of ether oxygens (including phenoxy) is 2. The lowest BCUT2D eigenvalue weighted by molar-refractivity contribution is -0.158. The van der Waals surface area contributed by atoms with Gasteiger partial charge in [-0.1, -0.05) is 129 Å². The number of unbranched alkanes of at least 4 members (excludes halogenated alkanes) is 18. The summed E-state index contributed by atoms with van der Waals surface area (Å²) in [6, 6.07) is 0. The predicted octanol–water partition coefficient (Wildman–Crippen LogP) is 8.04. The molecule has 0 unspecified atom stereocenters. The largest absolute Gasteiger partial charge is 0.449 e. The maximum atomic E-state index is 12.0. The SMILES string of the molecule is CCCCCCCCCCCCN(C)COC(=O)CCC(=O)C(=O)OCN(C)CCCCCCCCCCCC. The molecule has 0 N–H and O–H groups in total. The number of hydrogen-bond donors (Lipinski definition) is 0. The maximum Gasteiger partial charge on any atom is 0.375 e. The Hall–Kier alpha value is -1.47. The smallest absolute Gasteiger partial charge is 0.375 e. The third-order valence-electron chi connectivity index (χ3n) is 7.43. The zero-order valence-electron chi connectivity index (χ0n) is 26.8. The zero-order valence-corrected chi connectivity index (χ0v) is 26.8. The third-order valence-corrected chi connectivity index (χ3v) is 7.43. The standard InChI is InChI=1S/C33H64N2O5/c1-5-7-9-11-13-15-17-19-21-23-27-34(3)29-39-32(37)26-25-31(36)33(38)40-30-35(4)28-24-22-20-18-16-14-12-10-8-6-2/h5-30H2,1-4H3. The summed E-state index contributed by atoms with van der Waals surface area (Å²) in [5.41, 5.74) is 0. The molecule has 7 nitrogen and oxygen atoms in total. The molecule has 0 saturated heterocycles. The Labute approximate surface area is 247 Å². The Morgan fingerprint density at radius 2 is 0.825 bits per heavy atom. The summed E-state index contributed by atoms with van der Waals surface area (Å²) in [7, 11) is 3.81. The Morgan fingerprint density at radius 3 is 1.23 bits per heavy atom. The first-order chi connectivity index (χ1) is 19.4. The molecule has 0 radical (unpaired) electrons. The van der Waals surface area contributed by atoms with Gasteiger partial charge in [0.1, 0.15) is 13.5 Å². The normalized spacial score (nSPS) is 11.3. The molecule has 0 saturated carbocycles. The van der Waals surface area contributed by atoms with Gasteiger partial charge in [-0.05, 0) is 26.9 Å². The first kappa shape index (κ1) is 38.5. The predicted molar refractivity (Wildman–Crippen MR) is 165 cm³/mol. The summed E-state index contributed by atoms with van der Waals surface area (Å²) in [5.74, 6) is -2.02. The lowest BCUT2D eigenvalue weighted by Gasteiger charge is -2.17. The lowest BCUT2D eigenvalue weighted by atomic mass is 10.1. The summed E-state index contributed by atoms with van der Waals surface area (Å²) in [4.78, 5) is 39.9. The highest BCUT2D eigenvalue weighted by atomic mass is 16.6. The fourth-order valence-corrected chi connectivity index (χ4v) is 4.69.